The van der Waals surface area contributed by atoms with Crippen molar-refractivity contribution in [1.82, 2.24) is 9.78 Å². The zero-order valence-electron chi connectivity index (χ0n) is 12.8. The molecule has 7 heteroatoms. The highest BCUT2D eigenvalue weighted by molar-refractivity contribution is 5.91. The van der Waals surface area contributed by atoms with Gasteiger partial charge in [0.2, 0.25) is 5.91 Å². The average Bonchev–Trinajstić information content (AvgIpc) is 2.82. The standard InChI is InChI=1S/C15H18N4O3/c1-10-4-5-11(2)13(8-10)16-15(20)6-7-18-9-14(19(21)22)12(3)17-18/h4-5,8-9H,6-7H2,1-3H3,(H,16,20). The third kappa shape index (κ3) is 3.69. The number of nitrogens with one attached hydrogen (secondary N) is 1. The third-order valence-corrected chi connectivity index (χ3v) is 3.35. The van der Waals surface area contributed by atoms with Crippen molar-refractivity contribution in [3.05, 3.63) is 51.3 Å². The van der Waals surface area contributed by atoms with Gasteiger partial charge in [-0.2, -0.15) is 5.10 Å². The number of amides is 1. The molecule has 1 aromatic heterocycles. The molecule has 0 unspecified atom stereocenters. The van der Waals surface area contributed by atoms with Gasteiger partial charge < -0.3 is 5.32 Å². The number of aromatic nitrogens is 2. The molecule has 0 bridgehead atoms. The SMILES string of the molecule is Cc1ccc(C)c(NC(=O)CCn2cc([N+](=O)[O-])c(C)n2)c1. The molecule has 0 fully saturated rings. The Balaban J connectivity index is 1.97. The minimum atomic E-state index is -0.477. The van der Waals surface area contributed by atoms with E-state index in [0.29, 0.717) is 12.2 Å². The van der Waals surface area contributed by atoms with Gasteiger partial charge >= 0.3 is 5.69 Å². The molecule has 0 saturated carbocycles. The summed E-state index contributed by atoms with van der Waals surface area (Å²) in [5.74, 6) is -0.149. The van der Waals surface area contributed by atoms with E-state index in [1.54, 1.807) is 6.92 Å². The molecule has 0 saturated heterocycles. The van der Waals surface area contributed by atoms with E-state index < -0.39 is 4.92 Å². The summed E-state index contributed by atoms with van der Waals surface area (Å²) in [6.07, 6.45) is 1.55. The fraction of sp³-hybridized carbons (Fsp3) is 0.333. The van der Waals surface area contributed by atoms with Gasteiger partial charge in [-0.05, 0) is 38.0 Å². The molecule has 0 radical (unpaired) electrons. The Morgan fingerprint density at radius 2 is 2.09 bits per heavy atom. The summed E-state index contributed by atoms with van der Waals surface area (Å²) < 4.78 is 1.43. The Hall–Kier alpha value is -2.70. The van der Waals surface area contributed by atoms with Crippen LogP contribution in [-0.2, 0) is 11.3 Å². The molecule has 0 aliphatic carbocycles. The van der Waals surface area contributed by atoms with E-state index in [1.165, 1.54) is 10.9 Å². The first-order valence-electron chi connectivity index (χ1n) is 6.92. The van der Waals surface area contributed by atoms with Crippen molar-refractivity contribution in [2.75, 3.05) is 5.32 Å². The summed E-state index contributed by atoms with van der Waals surface area (Å²) >= 11 is 0. The monoisotopic (exact) mass is 302 g/mol. The smallest absolute Gasteiger partial charge is 0.309 e. The summed E-state index contributed by atoms with van der Waals surface area (Å²) in [6.45, 7) is 5.76. The minimum Gasteiger partial charge on any atom is -0.326 e. The Kier molecular flexibility index (Phi) is 4.55. The maximum absolute atomic E-state index is 12.0. The predicted molar refractivity (Wildman–Crippen MR) is 82.8 cm³/mol. The van der Waals surface area contributed by atoms with Crippen molar-refractivity contribution < 1.29 is 9.72 Å². The number of hydrogen-bond acceptors (Lipinski definition) is 4. The maximum atomic E-state index is 12.0. The summed E-state index contributed by atoms with van der Waals surface area (Å²) in [5.41, 5.74) is 3.16. The summed E-state index contributed by atoms with van der Waals surface area (Å²) in [7, 11) is 0. The van der Waals surface area contributed by atoms with Crippen LogP contribution in [0.2, 0.25) is 0 Å². The van der Waals surface area contributed by atoms with E-state index in [0.717, 1.165) is 16.8 Å². The number of aryl methyl sites for hydroxylation is 4. The lowest BCUT2D eigenvalue weighted by Crippen LogP contribution is -2.15. The number of rotatable bonds is 5. The second-order valence-electron chi connectivity index (χ2n) is 5.24. The lowest BCUT2D eigenvalue weighted by molar-refractivity contribution is -0.385. The predicted octanol–water partition coefficient (Wildman–Crippen LogP) is 2.75. The molecule has 1 aromatic carbocycles. The lowest BCUT2D eigenvalue weighted by atomic mass is 10.1. The van der Waals surface area contributed by atoms with E-state index in [4.69, 9.17) is 0 Å². The van der Waals surface area contributed by atoms with E-state index in [-0.39, 0.29) is 18.0 Å². The third-order valence-electron chi connectivity index (χ3n) is 3.35. The second-order valence-corrected chi connectivity index (χ2v) is 5.24. The van der Waals surface area contributed by atoms with Crippen LogP contribution in [0.25, 0.3) is 0 Å². The summed E-state index contributed by atoms with van der Waals surface area (Å²) in [6, 6.07) is 5.85. The van der Waals surface area contributed by atoms with E-state index >= 15 is 0 Å². The van der Waals surface area contributed by atoms with Crippen molar-refractivity contribution in [3.63, 3.8) is 0 Å². The van der Waals surface area contributed by atoms with Crippen LogP contribution in [0, 0.1) is 30.9 Å². The first-order valence-corrected chi connectivity index (χ1v) is 6.92. The topological polar surface area (TPSA) is 90.1 Å². The zero-order chi connectivity index (χ0) is 16.3. The van der Waals surface area contributed by atoms with Crippen LogP contribution < -0.4 is 5.32 Å². The minimum absolute atomic E-state index is 0.0325. The number of carbonyl (C=O) groups excluding carboxylic acids is 1. The normalized spacial score (nSPS) is 10.5. The fourth-order valence-electron chi connectivity index (χ4n) is 2.10. The molecular weight excluding hydrogens is 284 g/mol. The molecule has 0 spiro atoms. The molecule has 22 heavy (non-hydrogen) atoms. The van der Waals surface area contributed by atoms with Crippen LogP contribution in [0.3, 0.4) is 0 Å². The highest BCUT2D eigenvalue weighted by atomic mass is 16.6. The molecule has 1 amide bonds. The Morgan fingerprint density at radius 1 is 1.36 bits per heavy atom. The van der Waals surface area contributed by atoms with E-state index in [9.17, 15) is 14.9 Å². The quantitative estimate of drug-likeness (QED) is 0.679. The number of benzene rings is 1. The van der Waals surface area contributed by atoms with Gasteiger partial charge in [0, 0.05) is 18.7 Å². The number of nitrogens with zero attached hydrogens (tertiary/aromatic N) is 3. The van der Waals surface area contributed by atoms with Gasteiger partial charge in [-0.3, -0.25) is 19.6 Å². The highest BCUT2D eigenvalue weighted by Crippen LogP contribution is 2.17. The highest BCUT2D eigenvalue weighted by Gasteiger charge is 2.15. The van der Waals surface area contributed by atoms with Gasteiger partial charge in [-0.15, -0.1) is 0 Å². The molecule has 0 atom stereocenters. The van der Waals surface area contributed by atoms with Crippen molar-refractivity contribution >= 4 is 17.3 Å². The molecule has 116 valence electrons. The fourth-order valence-corrected chi connectivity index (χ4v) is 2.10. The first-order chi connectivity index (χ1) is 10.4. The van der Waals surface area contributed by atoms with Crippen LogP contribution in [0.5, 0.6) is 0 Å². The van der Waals surface area contributed by atoms with Gasteiger partial charge in [0.05, 0.1) is 4.92 Å². The zero-order valence-corrected chi connectivity index (χ0v) is 12.8. The van der Waals surface area contributed by atoms with Gasteiger partial charge in [0.15, 0.2) is 0 Å². The summed E-state index contributed by atoms with van der Waals surface area (Å²) in [5, 5.41) is 17.6. The molecule has 1 N–H and O–H groups in total. The molecular formula is C15H18N4O3. The maximum Gasteiger partial charge on any atom is 0.309 e. The number of nitro groups is 1. The van der Waals surface area contributed by atoms with Gasteiger partial charge in [-0.1, -0.05) is 12.1 Å². The summed E-state index contributed by atoms with van der Waals surface area (Å²) in [4.78, 5) is 22.3. The van der Waals surface area contributed by atoms with E-state index in [1.807, 2.05) is 32.0 Å². The molecule has 2 aromatic rings. The van der Waals surface area contributed by atoms with Crippen LogP contribution in [0.1, 0.15) is 23.2 Å². The average molecular weight is 302 g/mol. The Morgan fingerprint density at radius 3 is 2.73 bits per heavy atom. The largest absolute Gasteiger partial charge is 0.326 e. The lowest BCUT2D eigenvalue weighted by Gasteiger charge is -2.09. The van der Waals surface area contributed by atoms with Gasteiger partial charge in [-0.25, -0.2) is 0 Å². The van der Waals surface area contributed by atoms with Crippen LogP contribution in [-0.4, -0.2) is 20.6 Å². The van der Waals surface area contributed by atoms with Crippen molar-refractivity contribution in [2.24, 2.45) is 0 Å². The number of hydrogen-bond donors (Lipinski definition) is 1. The first kappa shape index (κ1) is 15.7. The molecule has 1 heterocycles. The Bertz CT molecular complexity index is 722. The van der Waals surface area contributed by atoms with Crippen LogP contribution in [0.4, 0.5) is 11.4 Å². The van der Waals surface area contributed by atoms with Gasteiger partial charge in [0.1, 0.15) is 11.9 Å². The Labute approximate surface area is 128 Å². The van der Waals surface area contributed by atoms with Gasteiger partial charge in [0.25, 0.3) is 0 Å². The number of carbonyl (C=O) groups is 1. The second kappa shape index (κ2) is 6.38. The molecule has 0 aliphatic heterocycles. The molecule has 7 nitrogen and oxygen atoms in total. The van der Waals surface area contributed by atoms with Crippen molar-refractivity contribution in [1.29, 1.82) is 0 Å². The van der Waals surface area contributed by atoms with Crippen LogP contribution in [0.15, 0.2) is 24.4 Å². The molecule has 2 rings (SSSR count). The van der Waals surface area contributed by atoms with Crippen LogP contribution >= 0.6 is 0 Å². The van der Waals surface area contributed by atoms with E-state index in [2.05, 4.69) is 10.4 Å². The number of anilines is 1. The van der Waals surface area contributed by atoms with Crippen molar-refractivity contribution in [2.45, 2.75) is 33.7 Å². The molecule has 0 aliphatic rings. The van der Waals surface area contributed by atoms with Crippen molar-refractivity contribution in [3.8, 4) is 0 Å².